The van der Waals surface area contributed by atoms with Crippen LogP contribution in [0.1, 0.15) is 32.4 Å². The van der Waals surface area contributed by atoms with Crippen LogP contribution in [0, 0.1) is 0 Å². The molecule has 0 radical (unpaired) electrons. The zero-order valence-electron chi connectivity index (χ0n) is 16.6. The molecule has 0 saturated carbocycles. The van der Waals surface area contributed by atoms with E-state index in [1.165, 1.54) is 4.31 Å². The molecule has 0 aromatic heterocycles. The number of methoxy groups -OCH3 is 1. The summed E-state index contributed by atoms with van der Waals surface area (Å²) in [6, 6.07) is 14.3. The van der Waals surface area contributed by atoms with Crippen molar-refractivity contribution in [3.8, 4) is 5.75 Å². The Labute approximate surface area is 173 Å². The molecule has 8 heteroatoms. The van der Waals surface area contributed by atoms with E-state index in [0.717, 1.165) is 17.0 Å². The molecule has 0 aliphatic rings. The second kappa shape index (κ2) is 9.86. The van der Waals surface area contributed by atoms with Crippen LogP contribution < -0.4 is 15.4 Å². The Hall–Kier alpha value is -2.16. The van der Waals surface area contributed by atoms with Crippen LogP contribution in [0.5, 0.6) is 5.75 Å². The van der Waals surface area contributed by atoms with E-state index in [1.807, 2.05) is 57.2 Å². The Balaban J connectivity index is 2.04. The molecular weight excluding hydrogens is 394 g/mol. The lowest BCUT2D eigenvalue weighted by molar-refractivity contribution is 0.415. The molecule has 0 unspecified atom stereocenters. The van der Waals surface area contributed by atoms with Gasteiger partial charge in [-0.2, -0.15) is 4.31 Å². The van der Waals surface area contributed by atoms with Crippen LogP contribution in [0.2, 0.25) is 0 Å². The molecule has 0 aliphatic heterocycles. The third-order valence-corrected chi connectivity index (χ3v) is 6.68. The summed E-state index contributed by atoms with van der Waals surface area (Å²) in [5, 5.41) is 6.80. The topological polar surface area (TPSA) is 70.7 Å². The van der Waals surface area contributed by atoms with Crippen molar-refractivity contribution in [3.05, 3.63) is 54.1 Å². The van der Waals surface area contributed by atoms with E-state index in [2.05, 4.69) is 10.6 Å². The van der Waals surface area contributed by atoms with Crippen LogP contribution in [0.25, 0.3) is 0 Å². The average molecular weight is 422 g/mol. The third kappa shape index (κ3) is 5.43. The standard InChI is InChI=1S/C20H27N3O3S2/c1-5-23(6-2)28(24,25)19-12-10-16(11-13-19)15(3)21-20(27)22-17-8-7-9-18(14-17)26-4/h7-15H,5-6H2,1-4H3,(H2,21,22,27)/t15-/m0/s1. The first-order valence-corrected chi connectivity index (χ1v) is 11.0. The van der Waals surface area contributed by atoms with Gasteiger partial charge in [0.25, 0.3) is 0 Å². The molecule has 2 N–H and O–H groups in total. The number of sulfonamides is 1. The number of nitrogens with zero attached hydrogens (tertiary/aromatic N) is 1. The molecule has 0 bridgehead atoms. The van der Waals surface area contributed by atoms with Gasteiger partial charge >= 0.3 is 0 Å². The van der Waals surface area contributed by atoms with Crippen LogP contribution in [0.4, 0.5) is 5.69 Å². The van der Waals surface area contributed by atoms with Crippen molar-refractivity contribution in [1.82, 2.24) is 9.62 Å². The second-order valence-electron chi connectivity index (χ2n) is 6.21. The van der Waals surface area contributed by atoms with Crippen molar-refractivity contribution in [2.24, 2.45) is 0 Å². The lowest BCUT2D eigenvalue weighted by Gasteiger charge is -2.20. The Morgan fingerprint density at radius 2 is 1.79 bits per heavy atom. The Kier molecular flexibility index (Phi) is 7.79. The predicted molar refractivity (Wildman–Crippen MR) is 117 cm³/mol. The predicted octanol–water partition coefficient (Wildman–Crippen LogP) is 3.77. The van der Waals surface area contributed by atoms with Gasteiger partial charge in [0.15, 0.2) is 5.11 Å². The van der Waals surface area contributed by atoms with Crippen LogP contribution in [-0.2, 0) is 10.0 Å². The molecule has 2 rings (SSSR count). The summed E-state index contributed by atoms with van der Waals surface area (Å²) >= 11 is 5.38. The van der Waals surface area contributed by atoms with Crippen molar-refractivity contribution in [2.45, 2.75) is 31.7 Å². The van der Waals surface area contributed by atoms with Gasteiger partial charge in [-0.05, 0) is 49.0 Å². The summed E-state index contributed by atoms with van der Waals surface area (Å²) in [5.41, 5.74) is 1.76. The first-order chi connectivity index (χ1) is 13.3. The van der Waals surface area contributed by atoms with Crippen LogP contribution in [-0.4, -0.2) is 38.0 Å². The quantitative estimate of drug-likeness (QED) is 0.632. The van der Waals surface area contributed by atoms with Crippen molar-refractivity contribution in [3.63, 3.8) is 0 Å². The minimum absolute atomic E-state index is 0.0872. The molecule has 0 spiro atoms. The van der Waals surface area contributed by atoms with Crippen molar-refractivity contribution in [2.75, 3.05) is 25.5 Å². The highest BCUT2D eigenvalue weighted by Gasteiger charge is 2.21. The van der Waals surface area contributed by atoms with Gasteiger partial charge in [-0.25, -0.2) is 8.42 Å². The summed E-state index contributed by atoms with van der Waals surface area (Å²) in [6.07, 6.45) is 0. The largest absolute Gasteiger partial charge is 0.497 e. The van der Waals surface area contributed by atoms with Gasteiger partial charge in [0, 0.05) is 24.8 Å². The average Bonchev–Trinajstić information content (AvgIpc) is 2.68. The molecule has 0 heterocycles. The minimum atomic E-state index is -3.45. The maximum Gasteiger partial charge on any atom is 0.243 e. The van der Waals surface area contributed by atoms with E-state index in [4.69, 9.17) is 17.0 Å². The van der Waals surface area contributed by atoms with E-state index >= 15 is 0 Å². The van der Waals surface area contributed by atoms with Gasteiger partial charge in [0.2, 0.25) is 10.0 Å². The van der Waals surface area contributed by atoms with Gasteiger partial charge in [-0.3, -0.25) is 0 Å². The number of anilines is 1. The Bertz CT molecular complexity index is 895. The van der Waals surface area contributed by atoms with Crippen LogP contribution in [0.15, 0.2) is 53.4 Å². The maximum atomic E-state index is 12.6. The molecule has 1 atom stereocenters. The molecule has 2 aromatic rings. The molecule has 152 valence electrons. The summed E-state index contributed by atoms with van der Waals surface area (Å²) in [7, 11) is -1.84. The molecule has 6 nitrogen and oxygen atoms in total. The number of rotatable bonds is 8. The molecule has 28 heavy (non-hydrogen) atoms. The number of nitrogens with one attached hydrogen (secondary N) is 2. The minimum Gasteiger partial charge on any atom is -0.497 e. The lowest BCUT2D eigenvalue weighted by atomic mass is 10.1. The lowest BCUT2D eigenvalue weighted by Crippen LogP contribution is -2.31. The van der Waals surface area contributed by atoms with Crippen molar-refractivity contribution in [1.29, 1.82) is 0 Å². The second-order valence-corrected chi connectivity index (χ2v) is 8.56. The fraction of sp³-hybridized carbons (Fsp3) is 0.350. The van der Waals surface area contributed by atoms with E-state index in [9.17, 15) is 8.42 Å². The van der Waals surface area contributed by atoms with Gasteiger partial charge in [0.1, 0.15) is 5.75 Å². The van der Waals surface area contributed by atoms with E-state index in [-0.39, 0.29) is 6.04 Å². The zero-order valence-corrected chi connectivity index (χ0v) is 18.2. The first-order valence-electron chi connectivity index (χ1n) is 9.13. The zero-order chi connectivity index (χ0) is 20.7. The molecular formula is C20H27N3O3S2. The maximum absolute atomic E-state index is 12.6. The molecule has 0 saturated heterocycles. The van der Waals surface area contributed by atoms with Gasteiger partial charge in [-0.1, -0.05) is 32.0 Å². The Morgan fingerprint density at radius 3 is 2.36 bits per heavy atom. The van der Waals surface area contributed by atoms with Crippen LogP contribution >= 0.6 is 12.2 Å². The number of hydrogen-bond donors (Lipinski definition) is 2. The molecule has 0 aliphatic carbocycles. The smallest absolute Gasteiger partial charge is 0.243 e. The molecule has 2 aromatic carbocycles. The fourth-order valence-corrected chi connectivity index (χ4v) is 4.54. The Morgan fingerprint density at radius 1 is 1.14 bits per heavy atom. The highest BCUT2D eigenvalue weighted by molar-refractivity contribution is 7.89. The highest BCUT2D eigenvalue weighted by Crippen LogP contribution is 2.20. The summed E-state index contributed by atoms with van der Waals surface area (Å²) in [6.45, 7) is 6.52. The molecule has 0 fully saturated rings. The first kappa shape index (κ1) is 22.1. The number of hydrogen-bond acceptors (Lipinski definition) is 4. The molecule has 0 amide bonds. The normalized spacial score (nSPS) is 12.5. The van der Waals surface area contributed by atoms with Gasteiger partial charge in [-0.15, -0.1) is 0 Å². The monoisotopic (exact) mass is 421 g/mol. The highest BCUT2D eigenvalue weighted by atomic mass is 32.2. The van der Waals surface area contributed by atoms with E-state index < -0.39 is 10.0 Å². The number of ether oxygens (including phenoxy) is 1. The summed E-state index contributed by atoms with van der Waals surface area (Å²) < 4.78 is 31.8. The van der Waals surface area contributed by atoms with E-state index in [0.29, 0.717) is 23.1 Å². The SMILES string of the molecule is CCN(CC)S(=O)(=O)c1ccc([C@H](C)NC(=S)Nc2cccc(OC)c2)cc1. The van der Waals surface area contributed by atoms with Gasteiger partial charge in [0.05, 0.1) is 18.0 Å². The van der Waals surface area contributed by atoms with Crippen molar-refractivity contribution >= 4 is 33.0 Å². The third-order valence-electron chi connectivity index (χ3n) is 4.40. The number of benzene rings is 2. The van der Waals surface area contributed by atoms with Crippen molar-refractivity contribution < 1.29 is 13.2 Å². The van der Waals surface area contributed by atoms with Gasteiger partial charge < -0.3 is 15.4 Å². The van der Waals surface area contributed by atoms with Crippen LogP contribution in [0.3, 0.4) is 0 Å². The fourth-order valence-electron chi connectivity index (χ4n) is 2.79. The van der Waals surface area contributed by atoms with E-state index in [1.54, 1.807) is 19.2 Å². The summed E-state index contributed by atoms with van der Waals surface area (Å²) in [4.78, 5) is 0.296. The summed E-state index contributed by atoms with van der Waals surface area (Å²) in [5.74, 6) is 0.742. The number of thiocarbonyl (C=S) groups is 1.